The van der Waals surface area contributed by atoms with E-state index in [1.54, 1.807) is 0 Å². The van der Waals surface area contributed by atoms with Crippen LogP contribution in [-0.4, -0.2) is 24.7 Å². The van der Waals surface area contributed by atoms with Crippen molar-refractivity contribution >= 4 is 17.7 Å². The fourth-order valence-electron chi connectivity index (χ4n) is 2.09. The van der Waals surface area contributed by atoms with Gasteiger partial charge in [0, 0.05) is 23.7 Å². The number of carbonyl (C=O) groups excluding carboxylic acids is 1. The molecule has 108 valence electrons. The largest absolute Gasteiger partial charge is 0.445 e. The van der Waals surface area contributed by atoms with E-state index in [-0.39, 0.29) is 12.1 Å². The molecule has 1 amide bonds. The fraction of sp³-hybridized carbons (Fsp3) is 0.400. The van der Waals surface area contributed by atoms with Crippen LogP contribution in [0.25, 0.3) is 0 Å². The van der Waals surface area contributed by atoms with Gasteiger partial charge in [-0.3, -0.25) is 0 Å². The molecule has 1 aromatic carbocycles. The van der Waals surface area contributed by atoms with Crippen LogP contribution in [0.15, 0.2) is 41.9 Å². The Balaban J connectivity index is 1.59. The summed E-state index contributed by atoms with van der Waals surface area (Å²) in [5, 5.41) is 6.70. The van der Waals surface area contributed by atoms with E-state index in [0.29, 0.717) is 24.2 Å². The predicted octanol–water partition coefficient (Wildman–Crippen LogP) is 2.79. The van der Waals surface area contributed by atoms with Crippen LogP contribution in [0.2, 0.25) is 0 Å². The van der Waals surface area contributed by atoms with Gasteiger partial charge in [0.15, 0.2) is 0 Å². The number of ether oxygens (including phenoxy) is 1. The van der Waals surface area contributed by atoms with Crippen LogP contribution in [0.4, 0.5) is 4.79 Å². The van der Waals surface area contributed by atoms with Gasteiger partial charge >= 0.3 is 6.09 Å². The molecule has 0 aromatic heterocycles. The minimum absolute atomic E-state index is 0.180. The summed E-state index contributed by atoms with van der Waals surface area (Å²) in [6, 6.07) is 10.2. The van der Waals surface area contributed by atoms with E-state index in [4.69, 9.17) is 16.3 Å². The molecule has 0 unspecified atom stereocenters. The zero-order valence-electron chi connectivity index (χ0n) is 11.3. The summed E-state index contributed by atoms with van der Waals surface area (Å²) in [7, 11) is 0. The molecule has 1 aliphatic rings. The summed E-state index contributed by atoms with van der Waals surface area (Å²) in [6.07, 6.45) is 1.42. The lowest BCUT2D eigenvalue weighted by Crippen LogP contribution is -2.52. The van der Waals surface area contributed by atoms with Crippen LogP contribution in [0.1, 0.15) is 18.4 Å². The maximum atomic E-state index is 11.6. The molecule has 1 aliphatic carbocycles. The molecular formula is C15H19ClN2O2. The van der Waals surface area contributed by atoms with Gasteiger partial charge in [-0.15, -0.1) is 0 Å². The zero-order valence-corrected chi connectivity index (χ0v) is 12.0. The van der Waals surface area contributed by atoms with E-state index >= 15 is 0 Å². The molecule has 0 aliphatic heterocycles. The van der Waals surface area contributed by atoms with Gasteiger partial charge in [0.2, 0.25) is 0 Å². The highest BCUT2D eigenvalue weighted by Crippen LogP contribution is 2.20. The standard InChI is InChI=1S/C15H19ClN2O2/c1-11(16)9-17-13-7-14(8-13)18-15(19)20-10-12-5-3-2-4-6-12/h2-6,13-14,17H,1,7-10H2,(H,18,19). The second-order valence-electron chi connectivity index (χ2n) is 4.97. The maximum Gasteiger partial charge on any atom is 0.407 e. The first-order valence-corrected chi connectivity index (χ1v) is 7.05. The predicted molar refractivity (Wildman–Crippen MR) is 79.6 cm³/mol. The van der Waals surface area contributed by atoms with Crippen LogP contribution in [0.5, 0.6) is 0 Å². The normalized spacial score (nSPS) is 20.9. The van der Waals surface area contributed by atoms with Crippen molar-refractivity contribution in [2.45, 2.75) is 31.5 Å². The average molecular weight is 295 g/mol. The topological polar surface area (TPSA) is 50.4 Å². The lowest BCUT2D eigenvalue weighted by atomic mass is 9.87. The van der Waals surface area contributed by atoms with Crippen LogP contribution >= 0.6 is 11.6 Å². The molecule has 0 heterocycles. The Morgan fingerprint density at radius 2 is 2.00 bits per heavy atom. The van der Waals surface area contributed by atoms with Crippen molar-refractivity contribution in [2.24, 2.45) is 0 Å². The van der Waals surface area contributed by atoms with E-state index in [1.807, 2.05) is 30.3 Å². The number of amides is 1. The van der Waals surface area contributed by atoms with Crippen molar-refractivity contribution in [1.29, 1.82) is 0 Å². The smallest absolute Gasteiger partial charge is 0.407 e. The number of benzene rings is 1. The molecule has 4 nitrogen and oxygen atoms in total. The molecule has 0 saturated heterocycles. The molecule has 20 heavy (non-hydrogen) atoms. The number of halogens is 1. The van der Waals surface area contributed by atoms with Gasteiger partial charge in [0.25, 0.3) is 0 Å². The number of nitrogens with one attached hydrogen (secondary N) is 2. The maximum absolute atomic E-state index is 11.6. The first kappa shape index (κ1) is 14.9. The Labute approximate surface area is 124 Å². The van der Waals surface area contributed by atoms with E-state index in [9.17, 15) is 4.79 Å². The molecule has 1 aromatic rings. The number of alkyl carbamates (subject to hydrolysis) is 1. The quantitative estimate of drug-likeness (QED) is 0.848. The third-order valence-electron chi connectivity index (χ3n) is 3.26. The highest BCUT2D eigenvalue weighted by molar-refractivity contribution is 6.29. The first-order valence-electron chi connectivity index (χ1n) is 6.67. The van der Waals surface area contributed by atoms with Gasteiger partial charge in [0.1, 0.15) is 6.61 Å². The SMILES string of the molecule is C=C(Cl)CNC1CC(NC(=O)OCc2ccccc2)C1. The molecule has 5 heteroatoms. The first-order chi connectivity index (χ1) is 9.63. The third kappa shape index (κ3) is 4.87. The lowest BCUT2D eigenvalue weighted by Gasteiger charge is -2.36. The molecule has 2 rings (SSSR count). The molecule has 2 N–H and O–H groups in total. The summed E-state index contributed by atoms with van der Waals surface area (Å²) in [4.78, 5) is 11.6. The fourth-order valence-corrected chi connectivity index (χ4v) is 2.17. The van der Waals surface area contributed by atoms with Gasteiger partial charge < -0.3 is 15.4 Å². The molecule has 0 atom stereocenters. The Bertz CT molecular complexity index is 458. The van der Waals surface area contributed by atoms with Crippen LogP contribution in [-0.2, 0) is 11.3 Å². The van der Waals surface area contributed by atoms with E-state index in [0.717, 1.165) is 18.4 Å². The highest BCUT2D eigenvalue weighted by atomic mass is 35.5. The molecule has 0 spiro atoms. The van der Waals surface area contributed by atoms with Gasteiger partial charge in [0.05, 0.1) is 0 Å². The zero-order chi connectivity index (χ0) is 14.4. The second kappa shape index (κ2) is 7.31. The second-order valence-corrected chi connectivity index (χ2v) is 5.50. The summed E-state index contributed by atoms with van der Waals surface area (Å²) in [6.45, 7) is 4.53. The van der Waals surface area contributed by atoms with Crippen molar-refractivity contribution < 1.29 is 9.53 Å². The van der Waals surface area contributed by atoms with Crippen molar-refractivity contribution in [3.05, 3.63) is 47.5 Å². The Kier molecular flexibility index (Phi) is 5.44. The van der Waals surface area contributed by atoms with Crippen molar-refractivity contribution in [2.75, 3.05) is 6.54 Å². The van der Waals surface area contributed by atoms with Gasteiger partial charge in [-0.05, 0) is 18.4 Å². The monoisotopic (exact) mass is 294 g/mol. The minimum Gasteiger partial charge on any atom is -0.445 e. The molecular weight excluding hydrogens is 276 g/mol. The van der Waals surface area contributed by atoms with E-state index in [2.05, 4.69) is 17.2 Å². The van der Waals surface area contributed by atoms with Crippen LogP contribution < -0.4 is 10.6 Å². The third-order valence-corrected chi connectivity index (χ3v) is 3.39. The minimum atomic E-state index is -0.362. The molecule has 0 bridgehead atoms. The number of hydrogen-bond acceptors (Lipinski definition) is 3. The van der Waals surface area contributed by atoms with Crippen molar-refractivity contribution in [3.8, 4) is 0 Å². The molecule has 1 saturated carbocycles. The summed E-state index contributed by atoms with van der Waals surface area (Å²) in [5.41, 5.74) is 0.983. The number of rotatable bonds is 6. The van der Waals surface area contributed by atoms with E-state index < -0.39 is 0 Å². The van der Waals surface area contributed by atoms with Crippen LogP contribution in [0, 0.1) is 0 Å². The van der Waals surface area contributed by atoms with Crippen LogP contribution in [0.3, 0.4) is 0 Å². The lowest BCUT2D eigenvalue weighted by molar-refractivity contribution is 0.126. The average Bonchev–Trinajstić information content (AvgIpc) is 2.39. The van der Waals surface area contributed by atoms with Gasteiger partial charge in [-0.25, -0.2) is 4.79 Å². The number of hydrogen-bond donors (Lipinski definition) is 2. The highest BCUT2D eigenvalue weighted by Gasteiger charge is 2.30. The summed E-state index contributed by atoms with van der Waals surface area (Å²) in [5.74, 6) is 0. The van der Waals surface area contributed by atoms with Gasteiger partial charge in [-0.2, -0.15) is 0 Å². The molecule has 1 fully saturated rings. The van der Waals surface area contributed by atoms with Crippen molar-refractivity contribution in [3.63, 3.8) is 0 Å². The Morgan fingerprint density at radius 1 is 1.30 bits per heavy atom. The number of carbonyl (C=O) groups is 1. The summed E-state index contributed by atoms with van der Waals surface area (Å²) < 4.78 is 5.16. The Hall–Kier alpha value is -1.52. The van der Waals surface area contributed by atoms with E-state index in [1.165, 1.54) is 0 Å². The summed E-state index contributed by atoms with van der Waals surface area (Å²) >= 11 is 5.68. The molecule has 0 radical (unpaired) electrons. The Morgan fingerprint density at radius 3 is 2.65 bits per heavy atom. The van der Waals surface area contributed by atoms with Gasteiger partial charge in [-0.1, -0.05) is 48.5 Å². The van der Waals surface area contributed by atoms with Crippen molar-refractivity contribution in [1.82, 2.24) is 10.6 Å².